The minimum atomic E-state index is 0.250. The van der Waals surface area contributed by atoms with Gasteiger partial charge in [0.15, 0.2) is 5.65 Å². The van der Waals surface area contributed by atoms with Gasteiger partial charge < -0.3 is 4.98 Å². The van der Waals surface area contributed by atoms with Gasteiger partial charge in [-0.05, 0) is 41.6 Å². The normalized spacial score (nSPS) is 10.5. The first-order chi connectivity index (χ1) is 14.2. The van der Waals surface area contributed by atoms with Crippen molar-refractivity contribution in [3.05, 3.63) is 72.4 Å². The highest BCUT2D eigenvalue weighted by molar-refractivity contribution is 5.92. The largest absolute Gasteiger partial charge is 0.373 e. The van der Waals surface area contributed by atoms with E-state index in [1.807, 2.05) is 6.20 Å². The lowest BCUT2D eigenvalue weighted by molar-refractivity contribution is -0.191. The third-order valence-electron chi connectivity index (χ3n) is 4.92. The second-order valence-electron chi connectivity index (χ2n) is 6.58. The van der Waals surface area contributed by atoms with Crippen LogP contribution in [0.1, 0.15) is 12.5 Å². The molecule has 0 saturated heterocycles. The Labute approximate surface area is 166 Å². The van der Waals surface area contributed by atoms with Gasteiger partial charge in [0.2, 0.25) is 0 Å². The number of aryl methyl sites for hydroxylation is 1. The fraction of sp³-hybridized carbons (Fsp3) is 0.0870. The fourth-order valence-corrected chi connectivity index (χ4v) is 3.39. The zero-order valence-corrected chi connectivity index (χ0v) is 15.8. The lowest BCUT2D eigenvalue weighted by Gasteiger charge is -2.03. The number of carbonyl (C=O) groups excluding carboxylic acids is 2. The molecule has 0 spiro atoms. The maximum absolute atomic E-state index is 8.12. The number of hydrogen-bond acceptors (Lipinski definition) is 4. The molecule has 29 heavy (non-hydrogen) atoms. The van der Waals surface area contributed by atoms with Crippen LogP contribution in [0.25, 0.3) is 44.5 Å². The van der Waals surface area contributed by atoms with E-state index in [1.54, 1.807) is 0 Å². The van der Waals surface area contributed by atoms with Crippen LogP contribution in [0.5, 0.6) is 0 Å². The molecule has 0 aliphatic carbocycles. The zero-order valence-electron chi connectivity index (χ0n) is 15.8. The maximum atomic E-state index is 8.12. The molecule has 6 nitrogen and oxygen atoms in total. The van der Waals surface area contributed by atoms with E-state index in [-0.39, 0.29) is 6.15 Å². The molecule has 0 atom stereocenters. The second kappa shape index (κ2) is 7.92. The van der Waals surface area contributed by atoms with Gasteiger partial charge in [-0.1, -0.05) is 43.3 Å². The van der Waals surface area contributed by atoms with E-state index in [9.17, 15) is 0 Å². The van der Waals surface area contributed by atoms with Gasteiger partial charge in [-0.15, -0.1) is 0 Å². The Balaban J connectivity index is 0.000000645. The molecule has 5 aromatic rings. The number of benzene rings is 2. The zero-order chi connectivity index (χ0) is 20.2. The van der Waals surface area contributed by atoms with Crippen LogP contribution in [-0.4, -0.2) is 26.3 Å². The molecule has 0 unspecified atom stereocenters. The third kappa shape index (κ3) is 3.57. The molecule has 0 radical (unpaired) electrons. The average molecular weight is 382 g/mol. The van der Waals surface area contributed by atoms with Crippen molar-refractivity contribution < 1.29 is 9.59 Å². The average Bonchev–Trinajstić information content (AvgIpc) is 3.40. The smallest absolute Gasteiger partial charge is 0.361 e. The van der Waals surface area contributed by atoms with Crippen molar-refractivity contribution in [2.24, 2.45) is 0 Å². The molecule has 0 amide bonds. The standard InChI is InChI=1S/C22H18N4.CO2/c1-2-14-3-5-16(6-4-14)21-18-9-10-19(24-22(18)26-25-21)17-8-7-15-11-12-23-20(15)13-17;2-1-3/h3-13,23H,2H2,1H3,(H,24,25,26);. The van der Waals surface area contributed by atoms with Crippen LogP contribution in [0.3, 0.4) is 0 Å². The fourth-order valence-electron chi connectivity index (χ4n) is 3.39. The molecule has 2 aromatic carbocycles. The van der Waals surface area contributed by atoms with Gasteiger partial charge >= 0.3 is 6.15 Å². The molecule has 2 N–H and O–H groups in total. The molecule has 142 valence electrons. The summed E-state index contributed by atoms with van der Waals surface area (Å²) in [4.78, 5) is 24.3. The summed E-state index contributed by atoms with van der Waals surface area (Å²) < 4.78 is 0. The summed E-state index contributed by atoms with van der Waals surface area (Å²) in [6, 6.07) is 21.2. The van der Waals surface area contributed by atoms with Crippen molar-refractivity contribution >= 4 is 28.1 Å². The third-order valence-corrected chi connectivity index (χ3v) is 4.92. The molecule has 0 aliphatic heterocycles. The quantitative estimate of drug-likeness (QED) is 0.471. The molecular formula is C23H18N4O2. The second-order valence-corrected chi connectivity index (χ2v) is 6.58. The molecule has 3 heterocycles. The van der Waals surface area contributed by atoms with E-state index in [4.69, 9.17) is 14.6 Å². The predicted octanol–water partition coefficient (Wildman–Crippen LogP) is 4.75. The Bertz CT molecular complexity index is 1310. The Morgan fingerprint density at radius 3 is 2.45 bits per heavy atom. The van der Waals surface area contributed by atoms with Crippen molar-refractivity contribution in [3.8, 4) is 22.5 Å². The molecule has 0 saturated carbocycles. The Kier molecular flexibility index (Phi) is 5.01. The number of fused-ring (bicyclic) bond motifs is 2. The molecule has 0 bridgehead atoms. The van der Waals surface area contributed by atoms with E-state index < -0.39 is 0 Å². The van der Waals surface area contributed by atoms with Crippen LogP contribution >= 0.6 is 0 Å². The van der Waals surface area contributed by atoms with Gasteiger partial charge in [0, 0.05) is 28.2 Å². The first-order valence-electron chi connectivity index (χ1n) is 9.24. The summed E-state index contributed by atoms with van der Waals surface area (Å²) >= 11 is 0. The van der Waals surface area contributed by atoms with Crippen LogP contribution in [0.4, 0.5) is 0 Å². The van der Waals surface area contributed by atoms with Gasteiger partial charge in [0.1, 0.15) is 0 Å². The minimum Gasteiger partial charge on any atom is -0.361 e. The highest BCUT2D eigenvalue weighted by Crippen LogP contribution is 2.29. The summed E-state index contributed by atoms with van der Waals surface area (Å²) in [6.07, 6.45) is 3.24. The molecule has 0 aliphatic rings. The van der Waals surface area contributed by atoms with Crippen molar-refractivity contribution in [1.82, 2.24) is 20.2 Å². The molecule has 5 rings (SSSR count). The Morgan fingerprint density at radius 1 is 0.931 bits per heavy atom. The van der Waals surface area contributed by atoms with Crippen molar-refractivity contribution in [2.75, 3.05) is 0 Å². The van der Waals surface area contributed by atoms with Gasteiger partial charge in [-0.3, -0.25) is 5.10 Å². The highest BCUT2D eigenvalue weighted by Gasteiger charge is 2.11. The van der Waals surface area contributed by atoms with E-state index in [0.29, 0.717) is 0 Å². The number of hydrogen-bond donors (Lipinski definition) is 2. The topological polar surface area (TPSA) is 91.5 Å². The number of pyridine rings is 1. The summed E-state index contributed by atoms with van der Waals surface area (Å²) in [5, 5.41) is 9.83. The van der Waals surface area contributed by atoms with Gasteiger partial charge in [0.25, 0.3) is 0 Å². The van der Waals surface area contributed by atoms with E-state index >= 15 is 0 Å². The van der Waals surface area contributed by atoms with E-state index in [2.05, 4.69) is 82.8 Å². The summed E-state index contributed by atoms with van der Waals surface area (Å²) in [5.41, 5.74) is 7.34. The number of nitrogens with zero attached hydrogens (tertiary/aromatic N) is 2. The van der Waals surface area contributed by atoms with Crippen LogP contribution in [0, 0.1) is 0 Å². The monoisotopic (exact) mass is 382 g/mol. The number of rotatable bonds is 3. The number of H-pyrrole nitrogens is 2. The Morgan fingerprint density at radius 2 is 1.69 bits per heavy atom. The van der Waals surface area contributed by atoms with E-state index in [0.717, 1.165) is 45.5 Å². The van der Waals surface area contributed by atoms with E-state index in [1.165, 1.54) is 10.9 Å². The minimum absolute atomic E-state index is 0.250. The SMILES string of the molecule is CCc1ccc(-c2[nH]nc3nc(-c4ccc5cc[nH]c5c4)ccc23)cc1.O=C=O. The number of aromatic amines is 2. The Hall–Kier alpha value is -4.02. The number of nitrogens with one attached hydrogen (secondary N) is 2. The molecule has 0 fully saturated rings. The van der Waals surface area contributed by atoms with Gasteiger partial charge in [0.05, 0.1) is 11.4 Å². The van der Waals surface area contributed by atoms with Crippen LogP contribution < -0.4 is 0 Å². The van der Waals surface area contributed by atoms with Gasteiger partial charge in [-0.2, -0.15) is 14.7 Å². The summed E-state index contributed by atoms with van der Waals surface area (Å²) in [6.45, 7) is 2.16. The highest BCUT2D eigenvalue weighted by atomic mass is 16.2. The van der Waals surface area contributed by atoms with Crippen LogP contribution in [0.15, 0.2) is 66.9 Å². The van der Waals surface area contributed by atoms with Crippen LogP contribution in [0.2, 0.25) is 0 Å². The lowest BCUT2D eigenvalue weighted by Crippen LogP contribution is -1.85. The van der Waals surface area contributed by atoms with Crippen molar-refractivity contribution in [3.63, 3.8) is 0 Å². The maximum Gasteiger partial charge on any atom is 0.373 e. The first-order valence-corrected chi connectivity index (χ1v) is 9.24. The molecular weight excluding hydrogens is 364 g/mol. The van der Waals surface area contributed by atoms with Crippen LogP contribution in [-0.2, 0) is 16.0 Å². The van der Waals surface area contributed by atoms with Gasteiger partial charge in [-0.25, -0.2) is 4.98 Å². The lowest BCUT2D eigenvalue weighted by atomic mass is 10.0. The summed E-state index contributed by atoms with van der Waals surface area (Å²) in [7, 11) is 0. The number of aromatic nitrogens is 4. The summed E-state index contributed by atoms with van der Waals surface area (Å²) in [5.74, 6) is 0. The van der Waals surface area contributed by atoms with Crippen molar-refractivity contribution in [2.45, 2.75) is 13.3 Å². The molecule has 3 aromatic heterocycles. The molecule has 6 heteroatoms. The van der Waals surface area contributed by atoms with Crippen molar-refractivity contribution in [1.29, 1.82) is 0 Å². The first kappa shape index (κ1) is 18.3. The predicted molar refractivity (Wildman–Crippen MR) is 111 cm³/mol.